The lowest BCUT2D eigenvalue weighted by Crippen LogP contribution is -2.49. The third-order valence-corrected chi connectivity index (χ3v) is 6.54. The van der Waals surface area contributed by atoms with Crippen LogP contribution >= 0.6 is 0 Å². The standard InChI is InChI=1S/C19H32N6O2Si/c1-14-9-15(11-20-10-14)22-19(26)24-17-12-21-18-16(23-17)5-6-25(18)13-27-7-8-28(2,3)4/h5-6,12,14-15,20H,7-11,13H2,1-4H3,(H2,22,23,24,26)/t14-,15-/m0/s1. The fourth-order valence-electron chi connectivity index (χ4n) is 3.27. The van der Waals surface area contributed by atoms with Crippen LogP contribution in [0.1, 0.15) is 13.3 Å². The summed E-state index contributed by atoms with van der Waals surface area (Å²) in [7, 11) is -1.09. The zero-order valence-electron chi connectivity index (χ0n) is 17.3. The summed E-state index contributed by atoms with van der Waals surface area (Å²) in [4.78, 5) is 21.2. The second kappa shape index (κ2) is 9.02. The molecule has 0 saturated carbocycles. The lowest BCUT2D eigenvalue weighted by atomic mass is 9.98. The van der Waals surface area contributed by atoms with E-state index in [1.165, 1.54) is 0 Å². The molecule has 3 rings (SSSR count). The number of nitrogens with one attached hydrogen (secondary N) is 3. The topological polar surface area (TPSA) is 93.1 Å². The van der Waals surface area contributed by atoms with Crippen molar-refractivity contribution in [2.75, 3.05) is 25.0 Å². The van der Waals surface area contributed by atoms with Gasteiger partial charge in [0, 0.05) is 33.5 Å². The van der Waals surface area contributed by atoms with Gasteiger partial charge >= 0.3 is 6.03 Å². The first-order chi connectivity index (χ1) is 13.3. The van der Waals surface area contributed by atoms with Crippen LogP contribution in [-0.4, -0.2) is 54.4 Å². The van der Waals surface area contributed by atoms with E-state index >= 15 is 0 Å². The number of amides is 2. The third-order valence-electron chi connectivity index (χ3n) is 4.84. The number of ether oxygens (including phenoxy) is 1. The van der Waals surface area contributed by atoms with Crippen molar-refractivity contribution in [1.29, 1.82) is 0 Å². The van der Waals surface area contributed by atoms with E-state index < -0.39 is 8.07 Å². The van der Waals surface area contributed by atoms with Crippen LogP contribution in [0.3, 0.4) is 0 Å². The van der Waals surface area contributed by atoms with Crippen LogP contribution in [0.15, 0.2) is 18.5 Å². The molecule has 2 aromatic rings. The van der Waals surface area contributed by atoms with E-state index in [4.69, 9.17) is 4.74 Å². The minimum atomic E-state index is -1.09. The highest BCUT2D eigenvalue weighted by Gasteiger charge is 2.20. The minimum Gasteiger partial charge on any atom is -0.361 e. The van der Waals surface area contributed by atoms with E-state index in [2.05, 4.69) is 52.5 Å². The average Bonchev–Trinajstić information content (AvgIpc) is 3.00. The Morgan fingerprint density at radius 2 is 2.21 bits per heavy atom. The summed E-state index contributed by atoms with van der Waals surface area (Å²) in [5, 5.41) is 9.11. The molecular formula is C19H32N6O2Si. The Labute approximate surface area is 167 Å². The molecule has 28 heavy (non-hydrogen) atoms. The van der Waals surface area contributed by atoms with Crippen LogP contribution in [0.2, 0.25) is 25.7 Å². The van der Waals surface area contributed by atoms with Crippen LogP contribution in [-0.2, 0) is 11.5 Å². The molecule has 0 spiro atoms. The number of aromatic nitrogens is 3. The first-order valence-electron chi connectivity index (χ1n) is 9.98. The van der Waals surface area contributed by atoms with Crippen LogP contribution in [0.5, 0.6) is 0 Å². The van der Waals surface area contributed by atoms with Gasteiger partial charge in [-0.05, 0) is 31.0 Å². The molecule has 8 nitrogen and oxygen atoms in total. The summed E-state index contributed by atoms with van der Waals surface area (Å²) in [6.45, 7) is 12.2. The summed E-state index contributed by atoms with van der Waals surface area (Å²) in [6.07, 6.45) is 4.48. The molecule has 154 valence electrons. The van der Waals surface area contributed by atoms with Crippen molar-refractivity contribution in [3.8, 4) is 0 Å². The summed E-state index contributed by atoms with van der Waals surface area (Å²) in [5.41, 5.74) is 1.49. The van der Waals surface area contributed by atoms with Gasteiger partial charge in [0.15, 0.2) is 11.5 Å². The number of carbonyl (C=O) groups excluding carboxylic acids is 1. The van der Waals surface area contributed by atoms with Gasteiger partial charge in [0.05, 0.1) is 6.20 Å². The van der Waals surface area contributed by atoms with E-state index in [0.717, 1.165) is 43.3 Å². The Morgan fingerprint density at radius 3 is 2.96 bits per heavy atom. The summed E-state index contributed by atoms with van der Waals surface area (Å²) < 4.78 is 7.73. The summed E-state index contributed by atoms with van der Waals surface area (Å²) in [5.74, 6) is 1.00. The van der Waals surface area contributed by atoms with E-state index in [0.29, 0.717) is 18.5 Å². The quantitative estimate of drug-likeness (QED) is 0.487. The molecule has 0 aliphatic carbocycles. The minimum absolute atomic E-state index is 0.134. The third kappa shape index (κ3) is 6.01. The maximum Gasteiger partial charge on any atom is 0.320 e. The van der Waals surface area contributed by atoms with Crippen LogP contribution in [0.4, 0.5) is 10.6 Å². The fraction of sp³-hybridized carbons (Fsp3) is 0.632. The molecule has 3 heterocycles. The highest BCUT2D eigenvalue weighted by Crippen LogP contribution is 2.15. The van der Waals surface area contributed by atoms with Gasteiger partial charge in [0.2, 0.25) is 0 Å². The number of urea groups is 1. The largest absolute Gasteiger partial charge is 0.361 e. The molecule has 0 bridgehead atoms. The molecular weight excluding hydrogens is 372 g/mol. The highest BCUT2D eigenvalue weighted by molar-refractivity contribution is 6.76. The number of nitrogens with zero attached hydrogens (tertiary/aromatic N) is 3. The van der Waals surface area contributed by atoms with Crippen LogP contribution < -0.4 is 16.0 Å². The zero-order valence-corrected chi connectivity index (χ0v) is 18.3. The van der Waals surface area contributed by atoms with Gasteiger partial charge in [0.1, 0.15) is 12.2 Å². The Kier molecular flexibility index (Phi) is 6.68. The van der Waals surface area contributed by atoms with E-state index in [9.17, 15) is 4.79 Å². The number of piperidine rings is 1. The van der Waals surface area contributed by atoms with Gasteiger partial charge < -0.3 is 19.9 Å². The predicted molar refractivity (Wildman–Crippen MR) is 114 cm³/mol. The molecule has 2 aromatic heterocycles. The highest BCUT2D eigenvalue weighted by atomic mass is 28.3. The summed E-state index contributed by atoms with van der Waals surface area (Å²) in [6, 6.07) is 2.91. The Balaban J connectivity index is 1.53. The number of carbonyl (C=O) groups is 1. The molecule has 1 aliphatic heterocycles. The van der Waals surface area contributed by atoms with Gasteiger partial charge in [0.25, 0.3) is 0 Å². The number of anilines is 1. The maximum atomic E-state index is 12.2. The van der Waals surface area contributed by atoms with Crippen molar-refractivity contribution in [3.05, 3.63) is 18.5 Å². The molecule has 1 fully saturated rings. The molecule has 2 amide bonds. The number of rotatable bonds is 7. The smallest absolute Gasteiger partial charge is 0.320 e. The van der Waals surface area contributed by atoms with Gasteiger partial charge in [-0.2, -0.15) is 0 Å². The van der Waals surface area contributed by atoms with Gasteiger partial charge in [-0.15, -0.1) is 0 Å². The van der Waals surface area contributed by atoms with Crippen molar-refractivity contribution in [2.24, 2.45) is 5.92 Å². The lowest BCUT2D eigenvalue weighted by Gasteiger charge is -2.28. The molecule has 0 aromatic carbocycles. The lowest BCUT2D eigenvalue weighted by molar-refractivity contribution is 0.0899. The average molecular weight is 405 g/mol. The van der Waals surface area contributed by atoms with Crippen molar-refractivity contribution in [3.63, 3.8) is 0 Å². The predicted octanol–water partition coefficient (Wildman–Crippen LogP) is 2.86. The van der Waals surface area contributed by atoms with Gasteiger partial charge in [-0.25, -0.2) is 14.8 Å². The monoisotopic (exact) mass is 404 g/mol. The van der Waals surface area contributed by atoms with Crippen LogP contribution in [0.25, 0.3) is 11.2 Å². The zero-order chi connectivity index (χ0) is 20.1. The van der Waals surface area contributed by atoms with Crippen molar-refractivity contribution >= 4 is 31.1 Å². The number of fused-ring (bicyclic) bond motifs is 1. The fourth-order valence-corrected chi connectivity index (χ4v) is 4.03. The Morgan fingerprint density at radius 1 is 1.39 bits per heavy atom. The molecule has 0 unspecified atom stereocenters. The Hall–Kier alpha value is -1.97. The summed E-state index contributed by atoms with van der Waals surface area (Å²) >= 11 is 0. The molecule has 3 N–H and O–H groups in total. The van der Waals surface area contributed by atoms with E-state index in [-0.39, 0.29) is 12.1 Å². The van der Waals surface area contributed by atoms with Crippen LogP contribution in [0, 0.1) is 5.92 Å². The number of hydrogen-bond donors (Lipinski definition) is 3. The number of hydrogen-bond acceptors (Lipinski definition) is 5. The molecule has 1 aliphatic rings. The SMILES string of the molecule is C[C@@H]1CNC[C@@H](NC(=O)Nc2cnc3c(ccn3COCC[Si](C)(C)C)n2)C1. The van der Waals surface area contributed by atoms with Crippen molar-refractivity contribution in [2.45, 2.75) is 51.8 Å². The second-order valence-electron chi connectivity index (χ2n) is 8.89. The van der Waals surface area contributed by atoms with Gasteiger partial charge in [-0.3, -0.25) is 5.32 Å². The second-order valence-corrected chi connectivity index (χ2v) is 14.5. The van der Waals surface area contributed by atoms with Crippen molar-refractivity contribution in [1.82, 2.24) is 25.2 Å². The van der Waals surface area contributed by atoms with Crippen molar-refractivity contribution < 1.29 is 9.53 Å². The van der Waals surface area contributed by atoms with Gasteiger partial charge in [-0.1, -0.05) is 26.6 Å². The maximum absolute atomic E-state index is 12.2. The molecule has 0 radical (unpaired) electrons. The normalized spacial score (nSPS) is 20.3. The molecule has 9 heteroatoms. The van der Waals surface area contributed by atoms with E-state index in [1.54, 1.807) is 6.20 Å². The first kappa shape index (κ1) is 20.8. The Bertz CT molecular complexity index is 803. The molecule has 2 atom stereocenters. The molecule has 1 saturated heterocycles. The van der Waals surface area contributed by atoms with E-state index in [1.807, 2.05) is 16.8 Å². The first-order valence-corrected chi connectivity index (χ1v) is 13.7.